The molecule has 3 atom stereocenters. The van der Waals surface area contributed by atoms with Crippen LogP contribution >= 0.6 is 15.9 Å². The van der Waals surface area contributed by atoms with Crippen LogP contribution in [0.2, 0.25) is 0 Å². The van der Waals surface area contributed by atoms with Crippen LogP contribution in [0, 0.1) is 17.8 Å². The first-order valence-corrected chi connectivity index (χ1v) is 7.89. The van der Waals surface area contributed by atoms with Crippen LogP contribution < -0.4 is 0 Å². The molecule has 2 fully saturated rings. The molecule has 0 radical (unpaired) electrons. The third-order valence-corrected chi connectivity index (χ3v) is 6.30. The minimum absolute atomic E-state index is 0.0747. The van der Waals surface area contributed by atoms with Crippen LogP contribution in [0.4, 0.5) is 0 Å². The number of carbonyl (C=O) groups is 1. The van der Waals surface area contributed by atoms with E-state index in [1.54, 1.807) is 0 Å². The third-order valence-electron chi connectivity index (χ3n) is 4.93. The lowest BCUT2D eigenvalue weighted by Gasteiger charge is -2.35. The van der Waals surface area contributed by atoms with E-state index in [0.717, 1.165) is 23.6 Å². The van der Waals surface area contributed by atoms with Gasteiger partial charge in [-0.1, -0.05) is 22.4 Å². The highest BCUT2D eigenvalue weighted by molar-refractivity contribution is 9.09. The molecule has 2 rings (SSSR count). The summed E-state index contributed by atoms with van der Waals surface area (Å²) in [7, 11) is 1.94. The Hall–Kier alpha value is -0.0500. The van der Waals surface area contributed by atoms with Gasteiger partial charge in [0.2, 0.25) is 5.91 Å². The number of amides is 1. The van der Waals surface area contributed by atoms with Gasteiger partial charge in [0, 0.05) is 24.3 Å². The highest BCUT2D eigenvalue weighted by atomic mass is 79.9. The van der Waals surface area contributed by atoms with Crippen molar-refractivity contribution in [2.24, 2.45) is 17.8 Å². The van der Waals surface area contributed by atoms with E-state index in [-0.39, 0.29) is 5.54 Å². The van der Waals surface area contributed by atoms with E-state index >= 15 is 0 Å². The molecule has 3 heteroatoms. The van der Waals surface area contributed by atoms with Gasteiger partial charge in [-0.15, -0.1) is 0 Å². The fourth-order valence-corrected chi connectivity index (χ4v) is 3.79. The second kappa shape index (κ2) is 4.91. The van der Waals surface area contributed by atoms with Crippen LogP contribution in [0.3, 0.4) is 0 Å². The molecular formula is C14H24BrNO. The van der Waals surface area contributed by atoms with Crippen LogP contribution in [-0.2, 0) is 4.79 Å². The molecule has 0 spiro atoms. The predicted octanol–water partition coefficient (Wildman–Crippen LogP) is 3.44. The Morgan fingerprint density at radius 3 is 2.53 bits per heavy atom. The first-order valence-electron chi connectivity index (χ1n) is 6.76. The van der Waals surface area contributed by atoms with Crippen LogP contribution in [0.25, 0.3) is 0 Å². The maximum Gasteiger partial charge on any atom is 0.223 e. The summed E-state index contributed by atoms with van der Waals surface area (Å²) in [4.78, 5) is 14.2. The van der Waals surface area contributed by atoms with Crippen molar-refractivity contribution in [3.8, 4) is 0 Å². The molecule has 2 nitrogen and oxygen atoms in total. The summed E-state index contributed by atoms with van der Waals surface area (Å²) in [5.74, 6) is 2.79. The standard InChI is InChI=1S/C14H24BrNO/c1-14(2,9-15)16(3)13(17)8-12-7-10-4-5-11(12)6-10/h10-12H,4-9H2,1-3H3. The van der Waals surface area contributed by atoms with Crippen molar-refractivity contribution >= 4 is 21.8 Å². The molecule has 2 aliphatic carbocycles. The Morgan fingerprint density at radius 2 is 2.06 bits per heavy atom. The van der Waals surface area contributed by atoms with Crippen molar-refractivity contribution in [3.05, 3.63) is 0 Å². The summed E-state index contributed by atoms with van der Waals surface area (Å²) in [6.45, 7) is 4.22. The van der Waals surface area contributed by atoms with Crippen LogP contribution in [0.1, 0.15) is 46.0 Å². The number of nitrogens with zero attached hydrogens (tertiary/aromatic N) is 1. The van der Waals surface area contributed by atoms with Gasteiger partial charge in [-0.2, -0.15) is 0 Å². The largest absolute Gasteiger partial charge is 0.340 e. The van der Waals surface area contributed by atoms with E-state index in [0.29, 0.717) is 11.8 Å². The van der Waals surface area contributed by atoms with Crippen molar-refractivity contribution in [2.45, 2.75) is 51.5 Å². The molecule has 1 amide bonds. The van der Waals surface area contributed by atoms with E-state index in [9.17, 15) is 4.79 Å². The van der Waals surface area contributed by atoms with Crippen molar-refractivity contribution < 1.29 is 4.79 Å². The van der Waals surface area contributed by atoms with Gasteiger partial charge in [-0.3, -0.25) is 4.79 Å². The molecule has 17 heavy (non-hydrogen) atoms. The number of halogens is 1. The van der Waals surface area contributed by atoms with E-state index < -0.39 is 0 Å². The molecule has 2 bridgehead atoms. The number of rotatable bonds is 4. The average Bonchev–Trinajstić information content (AvgIpc) is 2.89. The Balaban J connectivity index is 1.89. The summed E-state index contributed by atoms with van der Waals surface area (Å²) < 4.78 is 0. The minimum atomic E-state index is -0.0747. The fourth-order valence-electron chi connectivity index (χ4n) is 3.41. The minimum Gasteiger partial charge on any atom is -0.340 e. The van der Waals surface area contributed by atoms with Crippen LogP contribution in [0.15, 0.2) is 0 Å². The molecule has 0 aromatic carbocycles. The number of hydrogen-bond acceptors (Lipinski definition) is 1. The zero-order valence-corrected chi connectivity index (χ0v) is 12.8. The maximum atomic E-state index is 12.3. The van der Waals surface area contributed by atoms with Gasteiger partial charge >= 0.3 is 0 Å². The fraction of sp³-hybridized carbons (Fsp3) is 0.929. The van der Waals surface area contributed by atoms with E-state index in [1.165, 1.54) is 25.7 Å². The molecular weight excluding hydrogens is 278 g/mol. The summed E-state index contributed by atoms with van der Waals surface area (Å²) in [6, 6.07) is 0. The molecule has 0 heterocycles. The highest BCUT2D eigenvalue weighted by Crippen LogP contribution is 2.49. The van der Waals surface area contributed by atoms with Gasteiger partial charge in [0.25, 0.3) is 0 Å². The second-order valence-electron chi connectivity index (χ2n) is 6.54. The molecule has 0 aromatic heterocycles. The third kappa shape index (κ3) is 2.69. The zero-order valence-electron chi connectivity index (χ0n) is 11.2. The molecule has 0 saturated heterocycles. The van der Waals surface area contributed by atoms with Crippen LogP contribution in [0.5, 0.6) is 0 Å². The monoisotopic (exact) mass is 301 g/mol. The summed E-state index contributed by atoms with van der Waals surface area (Å²) in [5.41, 5.74) is -0.0747. The zero-order chi connectivity index (χ0) is 12.6. The van der Waals surface area contributed by atoms with Gasteiger partial charge in [0.05, 0.1) is 0 Å². The lowest BCUT2D eigenvalue weighted by atomic mass is 9.86. The molecule has 2 aliphatic rings. The Bertz CT molecular complexity index is 303. The first kappa shape index (κ1) is 13.4. The molecule has 2 saturated carbocycles. The molecule has 3 unspecified atom stereocenters. The topological polar surface area (TPSA) is 20.3 Å². The second-order valence-corrected chi connectivity index (χ2v) is 7.10. The first-order chi connectivity index (χ1) is 7.94. The Labute approximate surface area is 113 Å². The number of alkyl halides is 1. The van der Waals surface area contributed by atoms with Gasteiger partial charge in [-0.05, 0) is 50.9 Å². The van der Waals surface area contributed by atoms with Gasteiger partial charge in [0.15, 0.2) is 0 Å². The summed E-state index contributed by atoms with van der Waals surface area (Å²) in [5, 5.41) is 0.832. The quantitative estimate of drug-likeness (QED) is 0.728. The Kier molecular flexibility index (Phi) is 3.86. The highest BCUT2D eigenvalue weighted by Gasteiger charge is 2.41. The normalized spacial score (nSPS) is 31.9. The van der Waals surface area contributed by atoms with E-state index in [2.05, 4.69) is 29.8 Å². The summed E-state index contributed by atoms with van der Waals surface area (Å²) >= 11 is 3.49. The smallest absolute Gasteiger partial charge is 0.223 e. The predicted molar refractivity (Wildman–Crippen MR) is 74.2 cm³/mol. The van der Waals surface area contributed by atoms with E-state index in [4.69, 9.17) is 0 Å². The number of hydrogen-bond donors (Lipinski definition) is 0. The molecule has 0 aromatic rings. The maximum absolute atomic E-state index is 12.3. The molecule has 98 valence electrons. The lowest BCUT2D eigenvalue weighted by Crippen LogP contribution is -2.47. The lowest BCUT2D eigenvalue weighted by molar-refractivity contribution is -0.135. The SMILES string of the molecule is CN(C(=O)CC1CC2CCC1C2)C(C)(C)CBr. The Morgan fingerprint density at radius 1 is 1.35 bits per heavy atom. The van der Waals surface area contributed by atoms with Gasteiger partial charge in [0.1, 0.15) is 0 Å². The summed E-state index contributed by atoms with van der Waals surface area (Å²) in [6.07, 6.45) is 6.25. The van der Waals surface area contributed by atoms with Gasteiger partial charge < -0.3 is 4.90 Å². The number of carbonyl (C=O) groups excluding carboxylic acids is 1. The van der Waals surface area contributed by atoms with Crippen molar-refractivity contribution in [2.75, 3.05) is 12.4 Å². The van der Waals surface area contributed by atoms with E-state index in [1.807, 2.05) is 11.9 Å². The van der Waals surface area contributed by atoms with Crippen molar-refractivity contribution in [3.63, 3.8) is 0 Å². The van der Waals surface area contributed by atoms with Crippen LogP contribution in [-0.4, -0.2) is 28.7 Å². The van der Waals surface area contributed by atoms with Crippen molar-refractivity contribution in [1.82, 2.24) is 4.90 Å². The average molecular weight is 302 g/mol. The number of fused-ring (bicyclic) bond motifs is 2. The molecule has 0 N–H and O–H groups in total. The van der Waals surface area contributed by atoms with Gasteiger partial charge in [-0.25, -0.2) is 0 Å². The van der Waals surface area contributed by atoms with Crippen molar-refractivity contribution in [1.29, 1.82) is 0 Å². The molecule has 0 aliphatic heterocycles.